The van der Waals surface area contributed by atoms with Crippen LogP contribution in [0.1, 0.15) is 41.4 Å². The molecule has 0 aromatic heterocycles. The molecule has 2 aliphatic heterocycles. The molecular weight excluding hydrogens is 584 g/mol. The summed E-state index contributed by atoms with van der Waals surface area (Å²) in [6.45, 7) is 0. The van der Waals surface area contributed by atoms with Crippen molar-refractivity contribution >= 4 is 68.0 Å². The van der Waals surface area contributed by atoms with Crippen molar-refractivity contribution in [3.63, 3.8) is 0 Å². The van der Waals surface area contributed by atoms with Crippen molar-refractivity contribution in [2.24, 2.45) is 0 Å². The third-order valence-corrected chi connectivity index (χ3v) is 9.00. The quantitative estimate of drug-likeness (QED) is 0.108. The van der Waals surface area contributed by atoms with Gasteiger partial charge in [0.05, 0.1) is 43.5 Å². The first-order chi connectivity index (χ1) is 20.1. The molecule has 14 heteroatoms. The van der Waals surface area contributed by atoms with E-state index in [9.17, 15) is 39.4 Å². The van der Waals surface area contributed by atoms with Crippen LogP contribution in [0.3, 0.4) is 0 Å². The Bertz CT molecular complexity index is 1740. The van der Waals surface area contributed by atoms with Gasteiger partial charge in [0.25, 0.3) is 35.0 Å². The first kappa shape index (κ1) is 26.9. The van der Waals surface area contributed by atoms with Gasteiger partial charge in [-0.2, -0.15) is 0 Å². The number of rotatable bonds is 7. The molecule has 12 nitrogen and oxygen atoms in total. The number of amides is 4. The maximum Gasteiger partial charge on any atom is 0.270 e. The number of nitro groups is 2. The Labute approximate surface area is 243 Å². The third kappa shape index (κ3) is 4.48. The number of nitrogens with zero attached hydrogens (tertiary/aromatic N) is 4. The molecule has 0 radical (unpaired) electrons. The van der Waals surface area contributed by atoms with Gasteiger partial charge in [0, 0.05) is 34.1 Å². The van der Waals surface area contributed by atoms with Crippen LogP contribution in [0.2, 0.25) is 0 Å². The number of hydrogen-bond acceptors (Lipinski definition) is 10. The van der Waals surface area contributed by atoms with Crippen LogP contribution in [0.5, 0.6) is 0 Å². The number of anilines is 2. The van der Waals surface area contributed by atoms with E-state index < -0.39 is 33.5 Å². The molecule has 2 aliphatic rings. The second kappa shape index (κ2) is 10.2. The second-order valence-electron chi connectivity index (χ2n) is 9.02. The number of benzene rings is 4. The molecule has 6 rings (SSSR count). The minimum absolute atomic E-state index is 0.0193. The third-order valence-electron chi connectivity index (χ3n) is 6.59. The van der Waals surface area contributed by atoms with E-state index in [-0.39, 0.29) is 33.6 Å². The summed E-state index contributed by atoms with van der Waals surface area (Å²) < 4.78 is 0. The normalized spacial score (nSPS) is 13.9. The van der Waals surface area contributed by atoms with Crippen molar-refractivity contribution in [2.75, 3.05) is 9.80 Å². The molecule has 0 spiro atoms. The highest BCUT2D eigenvalue weighted by molar-refractivity contribution is 8.76. The number of imide groups is 2. The summed E-state index contributed by atoms with van der Waals surface area (Å²) in [6.07, 6.45) is 0. The predicted molar refractivity (Wildman–Crippen MR) is 153 cm³/mol. The lowest BCUT2D eigenvalue weighted by molar-refractivity contribution is -0.385. The van der Waals surface area contributed by atoms with Gasteiger partial charge in [0.1, 0.15) is 0 Å². The molecule has 0 bridgehead atoms. The molecule has 0 unspecified atom stereocenters. The molecule has 4 amide bonds. The number of non-ortho nitro benzene ring substituents is 2. The number of carbonyl (C=O) groups is 4. The highest BCUT2D eigenvalue weighted by Crippen LogP contribution is 2.40. The Morgan fingerprint density at radius 3 is 1.14 bits per heavy atom. The molecular formula is C28H14N4O8S2. The number of hydrogen-bond donors (Lipinski definition) is 0. The summed E-state index contributed by atoms with van der Waals surface area (Å²) in [5, 5.41) is 22.1. The molecule has 0 atom stereocenters. The monoisotopic (exact) mass is 598 g/mol. The van der Waals surface area contributed by atoms with E-state index in [1.54, 1.807) is 48.5 Å². The number of carbonyl (C=O) groups excluding carboxylic acids is 4. The first-order valence-electron chi connectivity index (χ1n) is 12.0. The van der Waals surface area contributed by atoms with Crippen LogP contribution >= 0.6 is 21.6 Å². The lowest BCUT2D eigenvalue weighted by atomic mass is 10.1. The van der Waals surface area contributed by atoms with Gasteiger partial charge in [-0.1, -0.05) is 21.6 Å². The molecule has 4 aromatic rings. The largest absolute Gasteiger partial charge is 0.270 e. The van der Waals surface area contributed by atoms with Crippen LogP contribution < -0.4 is 9.80 Å². The van der Waals surface area contributed by atoms with E-state index >= 15 is 0 Å². The number of fused-ring (bicyclic) bond motifs is 2. The maximum absolute atomic E-state index is 12.8. The minimum Gasteiger partial charge on any atom is -0.268 e. The van der Waals surface area contributed by atoms with Gasteiger partial charge >= 0.3 is 0 Å². The zero-order chi connectivity index (χ0) is 29.7. The summed E-state index contributed by atoms with van der Waals surface area (Å²) in [6, 6.07) is 20.5. The van der Waals surface area contributed by atoms with Gasteiger partial charge in [-0.3, -0.25) is 39.4 Å². The predicted octanol–water partition coefficient (Wildman–Crippen LogP) is 5.90. The summed E-state index contributed by atoms with van der Waals surface area (Å²) in [7, 11) is 2.79. The van der Waals surface area contributed by atoms with Gasteiger partial charge in [-0.05, 0) is 60.7 Å². The smallest absolute Gasteiger partial charge is 0.268 e. The summed E-state index contributed by atoms with van der Waals surface area (Å²) in [5.41, 5.74) is 0.272. The van der Waals surface area contributed by atoms with Crippen molar-refractivity contribution in [3.05, 3.63) is 127 Å². The Balaban J connectivity index is 1.12. The van der Waals surface area contributed by atoms with Crippen molar-refractivity contribution in [3.8, 4) is 0 Å². The van der Waals surface area contributed by atoms with E-state index in [1.807, 2.05) is 0 Å². The van der Waals surface area contributed by atoms with E-state index in [4.69, 9.17) is 0 Å². The molecule has 2 heterocycles. The number of nitro benzene ring substituents is 2. The Hall–Kier alpha value is -5.34. The second-order valence-corrected chi connectivity index (χ2v) is 11.3. The SMILES string of the molecule is O=C1c2ccc([N+](=O)[O-])cc2C(=O)N1c1ccc(SSc2ccc(N3C(=O)c4ccc([N+](=O)[O-])cc4C3=O)cc2)cc1. The molecule has 0 saturated carbocycles. The van der Waals surface area contributed by atoms with Gasteiger partial charge in [-0.15, -0.1) is 0 Å². The lowest BCUT2D eigenvalue weighted by Crippen LogP contribution is -2.29. The molecule has 4 aromatic carbocycles. The summed E-state index contributed by atoms with van der Waals surface area (Å²) in [5.74, 6) is -2.39. The van der Waals surface area contributed by atoms with Crippen LogP contribution in [-0.4, -0.2) is 33.5 Å². The molecule has 206 valence electrons. The van der Waals surface area contributed by atoms with E-state index in [2.05, 4.69) is 0 Å². The van der Waals surface area contributed by atoms with E-state index in [0.717, 1.165) is 31.7 Å². The highest BCUT2D eigenvalue weighted by atomic mass is 33.1. The summed E-state index contributed by atoms with van der Waals surface area (Å²) >= 11 is 0. The average molecular weight is 599 g/mol. The summed E-state index contributed by atoms with van der Waals surface area (Å²) in [4.78, 5) is 75.7. The Kier molecular flexibility index (Phi) is 6.55. The van der Waals surface area contributed by atoms with Gasteiger partial charge in [0.15, 0.2) is 0 Å². The maximum atomic E-state index is 12.8. The lowest BCUT2D eigenvalue weighted by Gasteiger charge is -2.15. The van der Waals surface area contributed by atoms with Crippen LogP contribution in [-0.2, 0) is 0 Å². The zero-order valence-corrected chi connectivity index (χ0v) is 22.6. The Morgan fingerprint density at radius 2 is 0.810 bits per heavy atom. The first-order valence-corrected chi connectivity index (χ1v) is 14.2. The topological polar surface area (TPSA) is 161 Å². The van der Waals surface area contributed by atoms with Gasteiger partial charge < -0.3 is 0 Å². The van der Waals surface area contributed by atoms with Crippen molar-refractivity contribution in [1.29, 1.82) is 0 Å². The molecule has 0 aliphatic carbocycles. The highest BCUT2D eigenvalue weighted by Gasteiger charge is 2.39. The minimum atomic E-state index is -0.634. The Morgan fingerprint density at radius 1 is 0.476 bits per heavy atom. The fourth-order valence-corrected chi connectivity index (χ4v) is 6.48. The van der Waals surface area contributed by atoms with Crippen molar-refractivity contribution < 1.29 is 29.0 Å². The molecule has 0 saturated heterocycles. The van der Waals surface area contributed by atoms with E-state index in [0.29, 0.717) is 11.4 Å². The van der Waals surface area contributed by atoms with Crippen molar-refractivity contribution in [2.45, 2.75) is 9.79 Å². The van der Waals surface area contributed by atoms with Gasteiger partial charge in [-0.25, -0.2) is 9.80 Å². The van der Waals surface area contributed by atoms with Crippen LogP contribution in [0.15, 0.2) is 94.7 Å². The molecule has 42 heavy (non-hydrogen) atoms. The zero-order valence-electron chi connectivity index (χ0n) is 21.0. The van der Waals surface area contributed by atoms with Gasteiger partial charge in [0.2, 0.25) is 0 Å². The molecule has 0 fully saturated rings. The fraction of sp³-hybridized carbons (Fsp3) is 0. The van der Waals surface area contributed by atoms with E-state index in [1.165, 1.54) is 45.9 Å². The fourth-order valence-electron chi connectivity index (χ4n) is 4.55. The van der Waals surface area contributed by atoms with Crippen LogP contribution in [0.25, 0.3) is 0 Å². The standard InChI is InChI=1S/C28H14N4O8S2/c33-25-21-11-5-17(31(37)38)13-23(21)27(35)29(25)15-1-7-19(8-2-15)41-42-20-9-3-16(4-10-20)30-26(34)22-12-6-18(32(39)40)14-24(22)28(30)36/h1-14H. The van der Waals surface area contributed by atoms with Crippen molar-refractivity contribution in [1.82, 2.24) is 0 Å². The molecule has 0 N–H and O–H groups in total. The van der Waals surface area contributed by atoms with Crippen LogP contribution in [0, 0.1) is 20.2 Å². The van der Waals surface area contributed by atoms with Crippen LogP contribution in [0.4, 0.5) is 22.7 Å². The average Bonchev–Trinajstić information content (AvgIpc) is 3.40.